The molecule has 1 amide bonds. The molecular weight excluding hydrogens is 486 g/mol. The number of nitrogens with one attached hydrogen (secondary N) is 2. The zero-order valence-corrected chi connectivity index (χ0v) is 21.0. The lowest BCUT2D eigenvalue weighted by molar-refractivity contribution is 0.102. The summed E-state index contributed by atoms with van der Waals surface area (Å²) in [4.78, 5) is 26.1. The first-order chi connectivity index (χ1) is 17.8. The Hall–Kier alpha value is -4.63. The maximum atomic E-state index is 13.5. The van der Waals surface area contributed by atoms with Crippen LogP contribution in [0.2, 0.25) is 0 Å². The van der Waals surface area contributed by atoms with Crippen LogP contribution in [0.5, 0.6) is 0 Å². The van der Waals surface area contributed by atoms with Gasteiger partial charge in [-0.05, 0) is 55.8 Å². The average Bonchev–Trinajstić information content (AvgIpc) is 2.89. The molecule has 8 nitrogen and oxygen atoms in total. The lowest BCUT2D eigenvalue weighted by atomic mass is 9.96. The second-order valence-electron chi connectivity index (χ2n) is 8.50. The van der Waals surface area contributed by atoms with E-state index in [-0.39, 0.29) is 16.8 Å². The topological polar surface area (TPSA) is 114 Å². The molecule has 0 unspecified atom stereocenters. The van der Waals surface area contributed by atoms with Crippen molar-refractivity contribution in [3.8, 4) is 11.3 Å². The van der Waals surface area contributed by atoms with Gasteiger partial charge in [-0.15, -0.1) is 0 Å². The number of para-hydroxylation sites is 1. The van der Waals surface area contributed by atoms with Gasteiger partial charge in [-0.2, -0.15) is 0 Å². The number of hydrogen-bond donors (Lipinski definition) is 2. The lowest BCUT2D eigenvalue weighted by Crippen LogP contribution is -2.16. The molecular formula is C28H23N5O3S. The number of pyridine rings is 1. The molecule has 0 aliphatic carbocycles. The highest BCUT2D eigenvalue weighted by atomic mass is 32.2. The second-order valence-corrected chi connectivity index (χ2v) is 10.2. The van der Waals surface area contributed by atoms with Gasteiger partial charge in [0.2, 0.25) is 5.95 Å². The van der Waals surface area contributed by atoms with Crippen LogP contribution in [-0.2, 0) is 10.0 Å². The number of hydrogen-bond acceptors (Lipinski definition) is 6. The van der Waals surface area contributed by atoms with Crippen molar-refractivity contribution in [1.82, 2.24) is 15.0 Å². The first kappa shape index (κ1) is 24.1. The monoisotopic (exact) mass is 509 g/mol. The zero-order valence-electron chi connectivity index (χ0n) is 20.1. The Labute approximate surface area is 214 Å². The predicted molar refractivity (Wildman–Crippen MR) is 144 cm³/mol. The van der Waals surface area contributed by atoms with Crippen LogP contribution in [0, 0.1) is 13.8 Å². The third-order valence-electron chi connectivity index (χ3n) is 5.90. The highest BCUT2D eigenvalue weighted by Crippen LogP contribution is 2.30. The zero-order chi connectivity index (χ0) is 26.0. The number of rotatable bonds is 6. The summed E-state index contributed by atoms with van der Waals surface area (Å²) in [5.41, 5.74) is 5.23. The quantitative estimate of drug-likeness (QED) is 0.318. The number of aryl methyl sites for hydroxylation is 1. The number of amides is 1. The van der Waals surface area contributed by atoms with Crippen molar-refractivity contribution in [1.29, 1.82) is 0 Å². The largest absolute Gasteiger partial charge is 0.322 e. The molecule has 0 spiro atoms. The van der Waals surface area contributed by atoms with Crippen LogP contribution >= 0.6 is 0 Å². The van der Waals surface area contributed by atoms with E-state index < -0.39 is 10.0 Å². The standard InChI is InChI=1S/C28H23N5O3S/c1-18-8-10-20(11-9-18)26-19(2)25(23-6-3-4-7-24(23)32-26)27(34)31-21-12-14-22(15-13-21)37(35,36)33-28-29-16-5-17-30-28/h3-17H,1-2H3,(H,31,34)(H,29,30,33). The molecule has 0 aliphatic rings. The van der Waals surface area contributed by atoms with Crippen molar-refractivity contribution in [2.45, 2.75) is 18.7 Å². The Kier molecular flexibility index (Phi) is 6.37. The van der Waals surface area contributed by atoms with Crippen LogP contribution in [0.25, 0.3) is 22.2 Å². The molecule has 2 aromatic heterocycles. The number of sulfonamides is 1. The number of fused-ring (bicyclic) bond motifs is 1. The molecule has 2 N–H and O–H groups in total. The summed E-state index contributed by atoms with van der Waals surface area (Å²) < 4.78 is 27.6. The number of nitrogens with zero attached hydrogens (tertiary/aromatic N) is 3. The minimum atomic E-state index is -3.88. The molecule has 0 aliphatic heterocycles. The molecule has 2 heterocycles. The van der Waals surface area contributed by atoms with Gasteiger partial charge >= 0.3 is 0 Å². The smallest absolute Gasteiger partial charge is 0.264 e. The first-order valence-corrected chi connectivity index (χ1v) is 13.0. The Morgan fingerprint density at radius 1 is 0.811 bits per heavy atom. The highest BCUT2D eigenvalue weighted by molar-refractivity contribution is 7.92. The molecule has 5 aromatic rings. The summed E-state index contributed by atoms with van der Waals surface area (Å²) in [5.74, 6) is -0.333. The fourth-order valence-electron chi connectivity index (χ4n) is 4.03. The van der Waals surface area contributed by atoms with Crippen molar-refractivity contribution in [2.24, 2.45) is 0 Å². The third-order valence-corrected chi connectivity index (χ3v) is 7.25. The molecule has 37 heavy (non-hydrogen) atoms. The van der Waals surface area contributed by atoms with Crippen molar-refractivity contribution < 1.29 is 13.2 Å². The number of benzene rings is 3. The predicted octanol–water partition coefficient (Wildman–Crippen LogP) is 5.36. The number of carbonyl (C=O) groups is 1. The summed E-state index contributed by atoms with van der Waals surface area (Å²) in [6.07, 6.45) is 2.89. The van der Waals surface area contributed by atoms with Crippen LogP contribution in [0.4, 0.5) is 11.6 Å². The summed E-state index contributed by atoms with van der Waals surface area (Å²) in [6, 6.07) is 23.0. The molecule has 9 heteroatoms. The van der Waals surface area contributed by atoms with Gasteiger partial charge < -0.3 is 5.32 Å². The average molecular weight is 510 g/mol. The van der Waals surface area contributed by atoms with E-state index in [2.05, 4.69) is 20.0 Å². The van der Waals surface area contributed by atoms with E-state index in [1.165, 1.54) is 36.7 Å². The van der Waals surface area contributed by atoms with Gasteiger partial charge in [0.25, 0.3) is 15.9 Å². The van der Waals surface area contributed by atoms with Gasteiger partial charge in [0.05, 0.1) is 21.7 Å². The first-order valence-electron chi connectivity index (χ1n) is 11.5. The van der Waals surface area contributed by atoms with Crippen molar-refractivity contribution in [3.63, 3.8) is 0 Å². The normalized spacial score (nSPS) is 11.3. The lowest BCUT2D eigenvalue weighted by Gasteiger charge is -2.15. The van der Waals surface area contributed by atoms with Gasteiger partial charge in [0.1, 0.15) is 0 Å². The molecule has 0 saturated heterocycles. The molecule has 0 fully saturated rings. The SMILES string of the molecule is Cc1ccc(-c2nc3ccccc3c(C(=O)Nc3ccc(S(=O)(=O)Nc4ncccn4)cc3)c2C)cc1. The van der Waals surface area contributed by atoms with Crippen molar-refractivity contribution in [2.75, 3.05) is 10.0 Å². The second kappa shape index (κ2) is 9.79. The summed E-state index contributed by atoms with van der Waals surface area (Å²) in [5, 5.41) is 3.64. The fraction of sp³-hybridized carbons (Fsp3) is 0.0714. The third kappa shape index (κ3) is 5.03. The van der Waals surface area contributed by atoms with E-state index in [0.29, 0.717) is 16.8 Å². The van der Waals surface area contributed by atoms with Crippen molar-refractivity contribution in [3.05, 3.63) is 108 Å². The van der Waals surface area contributed by atoms with Crippen molar-refractivity contribution >= 4 is 38.5 Å². The Balaban J connectivity index is 1.45. The number of aromatic nitrogens is 3. The Bertz CT molecular complexity index is 1700. The van der Waals surface area contributed by atoms with Crippen LogP contribution in [0.15, 0.2) is 96.2 Å². The number of carbonyl (C=O) groups excluding carboxylic acids is 1. The van der Waals surface area contributed by atoms with Crippen LogP contribution in [0.1, 0.15) is 21.5 Å². The molecule has 0 radical (unpaired) electrons. The summed E-state index contributed by atoms with van der Waals surface area (Å²) in [6.45, 7) is 3.90. The van der Waals surface area contributed by atoms with E-state index >= 15 is 0 Å². The molecule has 0 saturated carbocycles. The van der Waals surface area contributed by atoms with Gasteiger partial charge in [-0.1, -0.05) is 48.0 Å². The van der Waals surface area contributed by atoms with Crippen LogP contribution < -0.4 is 10.0 Å². The van der Waals surface area contributed by atoms with E-state index in [1.54, 1.807) is 6.07 Å². The highest BCUT2D eigenvalue weighted by Gasteiger charge is 2.20. The molecule has 3 aromatic carbocycles. The van der Waals surface area contributed by atoms with Gasteiger partial charge in [0, 0.05) is 29.0 Å². The van der Waals surface area contributed by atoms with E-state index in [4.69, 9.17) is 4.98 Å². The molecule has 184 valence electrons. The molecule has 0 bridgehead atoms. The van der Waals surface area contributed by atoms with Crippen LogP contribution in [0.3, 0.4) is 0 Å². The summed E-state index contributed by atoms with van der Waals surface area (Å²) in [7, 11) is -3.88. The summed E-state index contributed by atoms with van der Waals surface area (Å²) >= 11 is 0. The maximum absolute atomic E-state index is 13.5. The van der Waals surface area contributed by atoms with E-state index in [1.807, 2.05) is 62.4 Å². The Morgan fingerprint density at radius 2 is 1.49 bits per heavy atom. The van der Waals surface area contributed by atoms with E-state index in [9.17, 15) is 13.2 Å². The maximum Gasteiger partial charge on any atom is 0.264 e. The molecule has 0 atom stereocenters. The fourth-order valence-corrected chi connectivity index (χ4v) is 4.99. The molecule has 5 rings (SSSR count). The minimum absolute atomic E-state index is 0.0187. The van der Waals surface area contributed by atoms with E-state index in [0.717, 1.165) is 27.8 Å². The van der Waals surface area contributed by atoms with Crippen LogP contribution in [-0.4, -0.2) is 29.3 Å². The van der Waals surface area contributed by atoms with Gasteiger partial charge in [-0.25, -0.2) is 28.1 Å². The van der Waals surface area contributed by atoms with Gasteiger partial charge in [0.15, 0.2) is 0 Å². The number of anilines is 2. The minimum Gasteiger partial charge on any atom is -0.322 e. The van der Waals surface area contributed by atoms with Gasteiger partial charge in [-0.3, -0.25) is 4.79 Å². The Morgan fingerprint density at radius 3 is 2.19 bits per heavy atom.